The predicted molar refractivity (Wildman–Crippen MR) is 55.4 cm³/mol. The van der Waals surface area contributed by atoms with Gasteiger partial charge < -0.3 is 5.41 Å². The van der Waals surface area contributed by atoms with Crippen molar-refractivity contribution in [2.75, 3.05) is 0 Å². The van der Waals surface area contributed by atoms with Crippen molar-refractivity contribution in [2.45, 2.75) is 13.1 Å². The fraction of sp³-hybridized carbons (Fsp3) is 0.200. The Bertz CT molecular complexity index is 349. The Hall–Kier alpha value is -1.56. The summed E-state index contributed by atoms with van der Waals surface area (Å²) < 4.78 is 0. The molecular formula is C10H10BN2. The molecule has 0 saturated carbocycles. The van der Waals surface area contributed by atoms with Gasteiger partial charge in [-0.2, -0.15) is 0 Å². The Morgan fingerprint density at radius 2 is 2.46 bits per heavy atom. The fourth-order valence-electron chi connectivity index (χ4n) is 0.845. The summed E-state index contributed by atoms with van der Waals surface area (Å²) in [6.45, 7) is 1.97. The number of hydrogen-bond donors (Lipinski definition) is 1. The molecule has 0 aliphatic rings. The molecule has 63 valence electrons. The molecule has 0 saturated heterocycles. The Balaban J connectivity index is 2.79. The summed E-state index contributed by atoms with van der Waals surface area (Å²) in [5, 5.41) is 7.01. The molecule has 0 aliphatic carbocycles. The summed E-state index contributed by atoms with van der Waals surface area (Å²) in [7, 11) is 1.99. The van der Waals surface area contributed by atoms with Gasteiger partial charge in [0.25, 0.3) is 0 Å². The minimum atomic E-state index is 0.646. The molecule has 0 aromatic carbocycles. The van der Waals surface area contributed by atoms with E-state index in [0.29, 0.717) is 5.69 Å². The van der Waals surface area contributed by atoms with Crippen LogP contribution in [-0.2, 0) is 0 Å². The van der Waals surface area contributed by atoms with Crippen LogP contribution in [0.25, 0.3) is 0 Å². The van der Waals surface area contributed by atoms with Gasteiger partial charge in [-0.1, -0.05) is 12.9 Å². The standard InChI is InChI=1S/C10H10BN2/c1-11-7-3-6-9-4-2-5-10(8-12)13-9/h2,4-5,8,12H,7H2,1H3. The van der Waals surface area contributed by atoms with Crippen LogP contribution in [0.15, 0.2) is 18.2 Å². The van der Waals surface area contributed by atoms with E-state index in [1.54, 1.807) is 6.07 Å². The predicted octanol–water partition coefficient (Wildman–Crippen LogP) is 1.60. The van der Waals surface area contributed by atoms with Crippen molar-refractivity contribution >= 4 is 13.5 Å². The van der Waals surface area contributed by atoms with Gasteiger partial charge in [0.05, 0.1) is 5.69 Å². The highest BCUT2D eigenvalue weighted by atomic mass is 14.7. The van der Waals surface area contributed by atoms with Crippen LogP contribution in [0.4, 0.5) is 0 Å². The highest BCUT2D eigenvalue weighted by Crippen LogP contribution is 1.95. The lowest BCUT2D eigenvalue weighted by Gasteiger charge is -1.91. The van der Waals surface area contributed by atoms with E-state index in [1.165, 1.54) is 6.21 Å². The van der Waals surface area contributed by atoms with Crippen molar-refractivity contribution in [3.8, 4) is 11.8 Å². The molecule has 0 aliphatic heterocycles. The fourth-order valence-corrected chi connectivity index (χ4v) is 0.845. The summed E-state index contributed by atoms with van der Waals surface area (Å²) in [4.78, 5) is 4.13. The van der Waals surface area contributed by atoms with Gasteiger partial charge in [0.15, 0.2) is 0 Å². The summed E-state index contributed by atoms with van der Waals surface area (Å²) in [5.41, 5.74) is 1.37. The molecule has 0 fully saturated rings. The molecule has 0 unspecified atom stereocenters. The van der Waals surface area contributed by atoms with E-state index in [4.69, 9.17) is 5.41 Å². The molecule has 1 aromatic rings. The number of rotatable bonds is 2. The minimum absolute atomic E-state index is 0.646. The minimum Gasteiger partial charge on any atom is -0.307 e. The molecule has 1 N–H and O–H groups in total. The first kappa shape index (κ1) is 9.53. The molecule has 1 heterocycles. The van der Waals surface area contributed by atoms with Gasteiger partial charge >= 0.3 is 0 Å². The summed E-state index contributed by atoms with van der Waals surface area (Å²) in [6.07, 6.45) is 1.99. The maximum atomic E-state index is 7.01. The second-order valence-electron chi connectivity index (χ2n) is 2.51. The lowest BCUT2D eigenvalue weighted by atomic mass is 9.79. The van der Waals surface area contributed by atoms with Crippen molar-refractivity contribution < 1.29 is 0 Å². The van der Waals surface area contributed by atoms with Gasteiger partial charge in [0.2, 0.25) is 0 Å². The summed E-state index contributed by atoms with van der Waals surface area (Å²) >= 11 is 0. The monoisotopic (exact) mass is 169 g/mol. The smallest absolute Gasteiger partial charge is 0.122 e. The van der Waals surface area contributed by atoms with Crippen LogP contribution in [0, 0.1) is 17.3 Å². The SMILES string of the molecule is C[B]CC#Cc1cccc(C=N)n1. The number of nitrogens with zero attached hydrogens (tertiary/aromatic N) is 1. The van der Waals surface area contributed by atoms with Crippen LogP contribution in [0.5, 0.6) is 0 Å². The first-order valence-electron chi connectivity index (χ1n) is 4.11. The van der Waals surface area contributed by atoms with E-state index in [1.807, 2.05) is 26.2 Å². The average molecular weight is 169 g/mol. The van der Waals surface area contributed by atoms with Gasteiger partial charge in [-0.3, -0.25) is 0 Å². The first-order valence-corrected chi connectivity index (χ1v) is 4.11. The first-order chi connectivity index (χ1) is 6.36. The molecular weight excluding hydrogens is 159 g/mol. The maximum absolute atomic E-state index is 7.01. The van der Waals surface area contributed by atoms with Crippen LogP contribution in [0.2, 0.25) is 13.1 Å². The molecule has 1 rings (SSSR count). The Morgan fingerprint density at radius 1 is 1.62 bits per heavy atom. The maximum Gasteiger partial charge on any atom is 0.122 e. The Labute approximate surface area is 79.1 Å². The van der Waals surface area contributed by atoms with Crippen molar-refractivity contribution in [1.82, 2.24) is 4.98 Å². The highest BCUT2D eigenvalue weighted by Gasteiger charge is 1.89. The highest BCUT2D eigenvalue weighted by molar-refractivity contribution is 6.34. The van der Waals surface area contributed by atoms with E-state index in [0.717, 1.165) is 12.0 Å². The average Bonchev–Trinajstić information content (AvgIpc) is 2.19. The zero-order valence-corrected chi connectivity index (χ0v) is 7.54. The Kier molecular flexibility index (Phi) is 3.78. The Morgan fingerprint density at radius 3 is 3.15 bits per heavy atom. The normalized spacial score (nSPS) is 8.38. The quantitative estimate of drug-likeness (QED) is 0.407. The van der Waals surface area contributed by atoms with Crippen molar-refractivity contribution in [3.63, 3.8) is 0 Å². The van der Waals surface area contributed by atoms with Crippen LogP contribution in [0.3, 0.4) is 0 Å². The molecule has 1 aromatic heterocycles. The number of hydrogen-bond acceptors (Lipinski definition) is 2. The third-order valence-electron chi connectivity index (χ3n) is 1.44. The van der Waals surface area contributed by atoms with Crippen LogP contribution >= 0.6 is 0 Å². The van der Waals surface area contributed by atoms with Gasteiger partial charge in [0.1, 0.15) is 13.0 Å². The second-order valence-corrected chi connectivity index (χ2v) is 2.51. The van der Waals surface area contributed by atoms with Crippen LogP contribution < -0.4 is 0 Å². The third-order valence-corrected chi connectivity index (χ3v) is 1.44. The van der Waals surface area contributed by atoms with Gasteiger partial charge in [-0.25, -0.2) is 4.98 Å². The number of aromatic nitrogens is 1. The largest absolute Gasteiger partial charge is 0.307 e. The van der Waals surface area contributed by atoms with Gasteiger partial charge in [-0.05, 0) is 24.4 Å². The molecule has 1 radical (unpaired) electrons. The molecule has 0 atom stereocenters. The third kappa shape index (κ3) is 3.12. The van der Waals surface area contributed by atoms with Crippen molar-refractivity contribution in [1.29, 1.82) is 5.41 Å². The van der Waals surface area contributed by atoms with E-state index in [2.05, 4.69) is 16.8 Å². The van der Waals surface area contributed by atoms with E-state index in [-0.39, 0.29) is 0 Å². The van der Waals surface area contributed by atoms with Crippen molar-refractivity contribution in [2.24, 2.45) is 0 Å². The molecule has 2 nitrogen and oxygen atoms in total. The van der Waals surface area contributed by atoms with E-state index < -0.39 is 0 Å². The lowest BCUT2D eigenvalue weighted by molar-refractivity contribution is 1.26. The molecule has 0 bridgehead atoms. The molecule has 0 spiro atoms. The lowest BCUT2D eigenvalue weighted by Crippen LogP contribution is -1.89. The molecule has 0 amide bonds. The zero-order chi connectivity index (χ0) is 9.52. The number of nitrogens with one attached hydrogen (secondary N) is 1. The molecule has 13 heavy (non-hydrogen) atoms. The molecule has 3 heteroatoms. The van der Waals surface area contributed by atoms with Gasteiger partial charge in [-0.15, -0.1) is 5.92 Å². The van der Waals surface area contributed by atoms with Crippen LogP contribution in [-0.4, -0.2) is 18.5 Å². The van der Waals surface area contributed by atoms with Crippen LogP contribution in [0.1, 0.15) is 11.4 Å². The topological polar surface area (TPSA) is 36.7 Å². The van der Waals surface area contributed by atoms with E-state index in [9.17, 15) is 0 Å². The van der Waals surface area contributed by atoms with E-state index >= 15 is 0 Å². The zero-order valence-electron chi connectivity index (χ0n) is 7.54. The number of pyridine rings is 1. The van der Waals surface area contributed by atoms with Crippen molar-refractivity contribution in [3.05, 3.63) is 29.6 Å². The summed E-state index contributed by atoms with van der Waals surface area (Å²) in [5.74, 6) is 5.88. The summed E-state index contributed by atoms with van der Waals surface area (Å²) in [6, 6.07) is 5.48. The second kappa shape index (κ2) is 5.15. The van der Waals surface area contributed by atoms with Gasteiger partial charge in [0, 0.05) is 6.21 Å².